The van der Waals surface area contributed by atoms with Crippen LogP contribution in [0.3, 0.4) is 0 Å². The summed E-state index contributed by atoms with van der Waals surface area (Å²) in [4.78, 5) is 13.1. The number of hydrogen-bond donors (Lipinski definition) is 7. The number of carbonyl (C=O) groups excluding carboxylic acids is 1. The van der Waals surface area contributed by atoms with Crippen LogP contribution in [0.1, 0.15) is 290 Å². The molecule has 394 valence electrons. The van der Waals surface area contributed by atoms with Gasteiger partial charge in [-0.3, -0.25) is 4.79 Å². The number of unbranched alkanes of at least 4 members (excludes halogenated alkanes) is 39. The van der Waals surface area contributed by atoms with E-state index >= 15 is 0 Å². The maximum absolute atomic E-state index is 13.1. The van der Waals surface area contributed by atoms with Crippen molar-refractivity contribution >= 4 is 5.91 Å². The molecule has 1 heterocycles. The van der Waals surface area contributed by atoms with Crippen molar-refractivity contribution in [2.45, 2.75) is 339 Å². The molecule has 0 saturated carbocycles. The number of ether oxygens (including phenoxy) is 2. The second kappa shape index (κ2) is 46.5. The van der Waals surface area contributed by atoms with Crippen LogP contribution in [0.5, 0.6) is 0 Å². The Morgan fingerprint density at radius 2 is 0.758 bits per heavy atom. The van der Waals surface area contributed by atoms with Gasteiger partial charge in [-0.05, 0) is 12.8 Å². The molecule has 8 unspecified atom stereocenters. The van der Waals surface area contributed by atoms with Gasteiger partial charge in [0.15, 0.2) is 6.29 Å². The second-order valence-electron chi connectivity index (χ2n) is 20.6. The summed E-state index contributed by atoms with van der Waals surface area (Å²) in [6, 6.07) is -0.888. The minimum Gasteiger partial charge on any atom is -0.394 e. The monoisotopic (exact) mass is 942 g/mol. The Balaban J connectivity index is 2.14. The summed E-state index contributed by atoms with van der Waals surface area (Å²) < 4.78 is 11.2. The van der Waals surface area contributed by atoms with E-state index in [9.17, 15) is 35.4 Å². The van der Waals surface area contributed by atoms with Gasteiger partial charge in [-0.25, -0.2) is 0 Å². The Kier molecular flexibility index (Phi) is 44.5. The van der Waals surface area contributed by atoms with Crippen molar-refractivity contribution in [1.82, 2.24) is 5.32 Å². The van der Waals surface area contributed by atoms with Crippen molar-refractivity contribution in [1.29, 1.82) is 0 Å². The van der Waals surface area contributed by atoms with E-state index in [1.54, 1.807) is 0 Å². The molecule has 0 radical (unpaired) electrons. The van der Waals surface area contributed by atoms with Crippen molar-refractivity contribution in [3.05, 3.63) is 0 Å². The van der Waals surface area contributed by atoms with E-state index in [0.717, 1.165) is 44.9 Å². The molecule has 1 amide bonds. The first-order valence-corrected chi connectivity index (χ1v) is 28.8. The lowest BCUT2D eigenvalue weighted by Crippen LogP contribution is -2.60. The van der Waals surface area contributed by atoms with Gasteiger partial charge in [-0.15, -0.1) is 0 Å². The zero-order chi connectivity index (χ0) is 48.1. The number of nitrogens with one attached hydrogen (secondary N) is 1. The number of aliphatic hydroxyl groups is 6. The maximum Gasteiger partial charge on any atom is 0.249 e. The van der Waals surface area contributed by atoms with Crippen molar-refractivity contribution in [3.63, 3.8) is 0 Å². The average molecular weight is 943 g/mol. The highest BCUT2D eigenvalue weighted by Gasteiger charge is 2.44. The van der Waals surface area contributed by atoms with Crippen LogP contribution in [0.25, 0.3) is 0 Å². The molecule has 66 heavy (non-hydrogen) atoms. The third-order valence-corrected chi connectivity index (χ3v) is 14.3. The van der Waals surface area contributed by atoms with Crippen LogP contribution in [0.15, 0.2) is 0 Å². The fraction of sp³-hybridized carbons (Fsp3) is 0.982. The standard InChI is InChI=1S/C56H111NO9/c1-3-5-7-9-11-13-15-17-18-19-20-21-22-23-24-25-26-27-28-29-30-31-32-33-35-37-39-41-43-45-50(60)55(64)57-48(47-65-56-54(63)53(62)52(61)51(46-58)66-56)49(59)44-42-40-38-36-34-16-14-12-10-8-6-4-2/h48-54,56,58-63H,3-47H2,1-2H3,(H,57,64). The fourth-order valence-corrected chi connectivity index (χ4v) is 9.64. The molecule has 1 aliphatic heterocycles. The third kappa shape index (κ3) is 35.3. The first-order valence-electron chi connectivity index (χ1n) is 28.8. The van der Waals surface area contributed by atoms with Gasteiger partial charge in [0, 0.05) is 0 Å². The van der Waals surface area contributed by atoms with E-state index < -0.39 is 61.5 Å². The Labute approximate surface area is 407 Å². The zero-order valence-electron chi connectivity index (χ0n) is 43.3. The van der Waals surface area contributed by atoms with Gasteiger partial charge in [0.05, 0.1) is 25.4 Å². The van der Waals surface area contributed by atoms with Gasteiger partial charge < -0.3 is 45.4 Å². The van der Waals surface area contributed by atoms with E-state index in [-0.39, 0.29) is 6.61 Å². The van der Waals surface area contributed by atoms with E-state index in [1.807, 2.05) is 0 Å². The number of aliphatic hydroxyl groups excluding tert-OH is 6. The van der Waals surface area contributed by atoms with Crippen molar-refractivity contribution in [2.24, 2.45) is 0 Å². The van der Waals surface area contributed by atoms with Gasteiger partial charge in [0.2, 0.25) is 5.91 Å². The largest absolute Gasteiger partial charge is 0.394 e. The summed E-state index contributed by atoms with van der Waals surface area (Å²) >= 11 is 0. The predicted molar refractivity (Wildman–Crippen MR) is 274 cm³/mol. The molecule has 0 spiro atoms. The summed E-state index contributed by atoms with van der Waals surface area (Å²) in [7, 11) is 0. The number of rotatable bonds is 50. The Morgan fingerprint density at radius 3 is 1.08 bits per heavy atom. The quantitative estimate of drug-likeness (QED) is 0.0294. The van der Waals surface area contributed by atoms with Crippen LogP contribution in [-0.4, -0.2) is 98.7 Å². The van der Waals surface area contributed by atoms with E-state index in [4.69, 9.17) is 9.47 Å². The fourth-order valence-electron chi connectivity index (χ4n) is 9.64. The molecule has 0 aromatic rings. The van der Waals surface area contributed by atoms with E-state index in [0.29, 0.717) is 12.8 Å². The van der Waals surface area contributed by atoms with Crippen LogP contribution in [-0.2, 0) is 14.3 Å². The molecule has 10 heteroatoms. The molecule has 8 atom stereocenters. The van der Waals surface area contributed by atoms with Gasteiger partial charge in [0.25, 0.3) is 0 Å². The normalized spacial score (nSPS) is 20.2. The molecule has 0 aromatic heterocycles. The summed E-state index contributed by atoms with van der Waals surface area (Å²) in [5, 5.41) is 65.1. The minimum atomic E-state index is -1.59. The molecule has 0 bridgehead atoms. The highest BCUT2D eigenvalue weighted by atomic mass is 16.7. The zero-order valence-corrected chi connectivity index (χ0v) is 43.3. The third-order valence-electron chi connectivity index (χ3n) is 14.3. The molecule has 1 rings (SSSR count). The molecular weight excluding hydrogens is 831 g/mol. The molecule has 1 fully saturated rings. The minimum absolute atomic E-state index is 0.250. The second-order valence-corrected chi connectivity index (χ2v) is 20.6. The topological polar surface area (TPSA) is 169 Å². The molecule has 10 nitrogen and oxygen atoms in total. The average Bonchev–Trinajstić information content (AvgIpc) is 3.32. The Hall–Kier alpha value is -0.850. The van der Waals surface area contributed by atoms with Crippen LogP contribution in [0, 0.1) is 0 Å². The van der Waals surface area contributed by atoms with Crippen LogP contribution < -0.4 is 5.32 Å². The van der Waals surface area contributed by atoms with Gasteiger partial charge in [0.1, 0.15) is 30.5 Å². The van der Waals surface area contributed by atoms with Crippen molar-refractivity contribution in [2.75, 3.05) is 13.2 Å². The van der Waals surface area contributed by atoms with Gasteiger partial charge in [-0.2, -0.15) is 0 Å². The summed E-state index contributed by atoms with van der Waals surface area (Å²) in [6.07, 6.45) is 44.7. The smallest absolute Gasteiger partial charge is 0.249 e. The summed E-state index contributed by atoms with van der Waals surface area (Å²) in [5.74, 6) is -0.577. The molecule has 0 aliphatic carbocycles. The Morgan fingerprint density at radius 1 is 0.455 bits per heavy atom. The number of carbonyl (C=O) groups is 1. The van der Waals surface area contributed by atoms with Crippen LogP contribution in [0.4, 0.5) is 0 Å². The maximum atomic E-state index is 13.1. The Bertz CT molecular complexity index is 1020. The molecule has 7 N–H and O–H groups in total. The molecule has 0 aromatic carbocycles. The van der Waals surface area contributed by atoms with E-state index in [2.05, 4.69) is 19.2 Å². The molecule has 1 saturated heterocycles. The molecular formula is C56H111NO9. The van der Waals surface area contributed by atoms with Crippen molar-refractivity contribution < 1.29 is 44.9 Å². The highest BCUT2D eigenvalue weighted by molar-refractivity contribution is 5.80. The first kappa shape index (κ1) is 63.2. The summed E-state index contributed by atoms with van der Waals surface area (Å²) in [6.45, 7) is 3.70. The SMILES string of the molecule is CCCCCCCCCCCCCCCCCCCCCCCCCCCCCCCC(O)C(=O)NC(COC1OC(CO)C(O)C(O)C1O)C(O)CCCCCCCCCCCCCC. The number of hydrogen-bond acceptors (Lipinski definition) is 9. The lowest BCUT2D eigenvalue weighted by atomic mass is 9.99. The van der Waals surface area contributed by atoms with Crippen LogP contribution >= 0.6 is 0 Å². The van der Waals surface area contributed by atoms with E-state index in [1.165, 1.54) is 218 Å². The van der Waals surface area contributed by atoms with Gasteiger partial charge in [-0.1, -0.05) is 277 Å². The van der Waals surface area contributed by atoms with Crippen molar-refractivity contribution in [3.8, 4) is 0 Å². The first-order chi connectivity index (χ1) is 32.3. The molecule has 1 aliphatic rings. The predicted octanol–water partition coefficient (Wildman–Crippen LogP) is 12.8. The lowest BCUT2D eigenvalue weighted by molar-refractivity contribution is -0.302. The summed E-state index contributed by atoms with van der Waals surface area (Å²) in [5.41, 5.74) is 0. The lowest BCUT2D eigenvalue weighted by Gasteiger charge is -2.40. The number of amides is 1. The highest BCUT2D eigenvalue weighted by Crippen LogP contribution is 2.23. The van der Waals surface area contributed by atoms with Gasteiger partial charge >= 0.3 is 0 Å². The van der Waals surface area contributed by atoms with Crippen LogP contribution in [0.2, 0.25) is 0 Å².